The Morgan fingerprint density at radius 1 is 1.28 bits per heavy atom. The van der Waals surface area contributed by atoms with Gasteiger partial charge in [-0.3, -0.25) is 0 Å². The summed E-state index contributed by atoms with van der Waals surface area (Å²) in [4.78, 5) is 8.51. The summed E-state index contributed by atoms with van der Waals surface area (Å²) in [5, 5.41) is 11.6. The molecule has 18 heavy (non-hydrogen) atoms. The molecule has 6 heteroatoms. The van der Waals surface area contributed by atoms with Crippen LogP contribution in [-0.4, -0.2) is 31.0 Å². The molecule has 1 saturated carbocycles. The number of hydrogen-bond acceptors (Lipinski definition) is 5. The first-order valence-corrected chi connectivity index (χ1v) is 6.52. The van der Waals surface area contributed by atoms with Crippen molar-refractivity contribution < 1.29 is 0 Å². The number of hydrogen-bond donors (Lipinski definition) is 1. The molecule has 0 unspecified atom stereocenters. The van der Waals surface area contributed by atoms with Gasteiger partial charge in [-0.2, -0.15) is 0 Å². The van der Waals surface area contributed by atoms with Crippen LogP contribution in [0.1, 0.15) is 32.6 Å². The second kappa shape index (κ2) is 4.51. The van der Waals surface area contributed by atoms with Crippen LogP contribution >= 0.6 is 0 Å². The number of fused-ring (bicyclic) bond motifs is 1. The molecule has 96 valence electrons. The summed E-state index contributed by atoms with van der Waals surface area (Å²) >= 11 is 0. The highest BCUT2D eigenvalue weighted by Crippen LogP contribution is 2.27. The summed E-state index contributed by atoms with van der Waals surface area (Å²) in [6.07, 6.45) is 6.68. The molecule has 2 aromatic heterocycles. The Balaban J connectivity index is 1.90. The molecule has 1 aliphatic rings. The maximum absolute atomic E-state index is 4.31. The molecular weight excluding hydrogens is 228 g/mol. The van der Waals surface area contributed by atoms with Crippen molar-refractivity contribution in [3.05, 3.63) is 6.33 Å². The maximum atomic E-state index is 4.31. The molecule has 1 fully saturated rings. The van der Waals surface area contributed by atoms with Gasteiger partial charge in [-0.25, -0.2) is 14.6 Å². The number of aromatic nitrogens is 5. The van der Waals surface area contributed by atoms with E-state index < -0.39 is 0 Å². The van der Waals surface area contributed by atoms with E-state index in [-0.39, 0.29) is 0 Å². The van der Waals surface area contributed by atoms with Crippen molar-refractivity contribution in [3.63, 3.8) is 0 Å². The highest BCUT2D eigenvalue weighted by atomic mass is 15.4. The minimum absolute atomic E-state index is 0.485. The lowest BCUT2D eigenvalue weighted by Crippen LogP contribution is -2.30. The van der Waals surface area contributed by atoms with E-state index in [1.54, 1.807) is 11.0 Å². The highest BCUT2D eigenvalue weighted by Gasteiger charge is 2.22. The quantitative estimate of drug-likeness (QED) is 0.874. The number of rotatable bonds is 2. The molecule has 6 nitrogen and oxygen atoms in total. The molecule has 0 amide bonds. The van der Waals surface area contributed by atoms with E-state index >= 15 is 0 Å². The van der Waals surface area contributed by atoms with Crippen LogP contribution in [0.25, 0.3) is 11.2 Å². The first-order valence-electron chi connectivity index (χ1n) is 6.52. The molecule has 2 atom stereocenters. The average Bonchev–Trinajstić information content (AvgIpc) is 2.76. The van der Waals surface area contributed by atoms with Gasteiger partial charge in [0.05, 0.1) is 0 Å². The topological polar surface area (TPSA) is 68.5 Å². The van der Waals surface area contributed by atoms with Crippen molar-refractivity contribution in [2.24, 2.45) is 13.0 Å². The van der Waals surface area contributed by atoms with Crippen LogP contribution in [0.3, 0.4) is 0 Å². The summed E-state index contributed by atoms with van der Waals surface area (Å²) in [5.41, 5.74) is 1.54. The van der Waals surface area contributed by atoms with Crippen LogP contribution < -0.4 is 5.32 Å². The SMILES string of the molecule is C[C@@H]1CCCC[C@H]1Nc1ncnc2c1nnn2C. The van der Waals surface area contributed by atoms with Gasteiger partial charge in [-0.1, -0.05) is 25.0 Å². The summed E-state index contributed by atoms with van der Waals surface area (Å²) in [6.45, 7) is 2.30. The van der Waals surface area contributed by atoms with Gasteiger partial charge >= 0.3 is 0 Å². The molecule has 0 radical (unpaired) electrons. The molecule has 2 aromatic rings. The molecule has 0 aliphatic heterocycles. The van der Waals surface area contributed by atoms with Crippen LogP contribution in [0.5, 0.6) is 0 Å². The average molecular weight is 246 g/mol. The molecule has 3 rings (SSSR count). The standard InChI is InChI=1S/C12H18N6/c1-8-5-3-4-6-9(8)15-11-10-12(14-7-13-11)18(2)17-16-10/h7-9H,3-6H2,1-2H3,(H,13,14,15)/t8-,9-/m1/s1. The van der Waals surface area contributed by atoms with Gasteiger partial charge in [0.25, 0.3) is 0 Å². The van der Waals surface area contributed by atoms with E-state index in [9.17, 15) is 0 Å². The zero-order valence-corrected chi connectivity index (χ0v) is 10.8. The smallest absolute Gasteiger partial charge is 0.183 e. The summed E-state index contributed by atoms with van der Waals surface area (Å²) in [6, 6.07) is 0.485. The van der Waals surface area contributed by atoms with Crippen LogP contribution in [0, 0.1) is 5.92 Å². The van der Waals surface area contributed by atoms with Crippen molar-refractivity contribution >= 4 is 17.0 Å². The largest absolute Gasteiger partial charge is 0.365 e. The number of nitrogens with one attached hydrogen (secondary N) is 1. The lowest BCUT2D eigenvalue weighted by atomic mass is 9.86. The summed E-state index contributed by atoms with van der Waals surface area (Å²) < 4.78 is 1.67. The van der Waals surface area contributed by atoms with E-state index in [0.29, 0.717) is 12.0 Å². The fraction of sp³-hybridized carbons (Fsp3) is 0.667. The molecule has 1 aliphatic carbocycles. The Hall–Kier alpha value is -1.72. The molecule has 0 spiro atoms. The highest BCUT2D eigenvalue weighted by molar-refractivity contribution is 5.81. The Morgan fingerprint density at radius 3 is 2.94 bits per heavy atom. The lowest BCUT2D eigenvalue weighted by Gasteiger charge is -2.29. The lowest BCUT2D eigenvalue weighted by molar-refractivity contribution is 0.349. The van der Waals surface area contributed by atoms with E-state index in [2.05, 4.69) is 32.5 Å². The van der Waals surface area contributed by atoms with Gasteiger partial charge in [0.15, 0.2) is 17.0 Å². The minimum Gasteiger partial charge on any atom is -0.365 e. The first kappa shape index (κ1) is 11.4. The second-order valence-electron chi connectivity index (χ2n) is 5.12. The van der Waals surface area contributed by atoms with Crippen LogP contribution in [0.15, 0.2) is 6.33 Å². The molecule has 1 N–H and O–H groups in total. The van der Waals surface area contributed by atoms with Gasteiger partial charge < -0.3 is 5.32 Å². The Bertz CT molecular complexity index is 548. The van der Waals surface area contributed by atoms with Crippen molar-refractivity contribution in [1.29, 1.82) is 0 Å². The van der Waals surface area contributed by atoms with Gasteiger partial charge in [0, 0.05) is 13.1 Å². The fourth-order valence-electron chi connectivity index (χ4n) is 2.66. The fourth-order valence-corrected chi connectivity index (χ4v) is 2.66. The molecular formula is C12H18N6. The number of anilines is 1. The predicted octanol–water partition coefficient (Wildman–Crippen LogP) is 1.75. The van der Waals surface area contributed by atoms with E-state index in [4.69, 9.17) is 0 Å². The minimum atomic E-state index is 0.485. The Morgan fingerprint density at radius 2 is 2.11 bits per heavy atom. The van der Waals surface area contributed by atoms with Crippen LogP contribution in [-0.2, 0) is 7.05 Å². The van der Waals surface area contributed by atoms with Gasteiger partial charge in [-0.05, 0) is 18.8 Å². The van der Waals surface area contributed by atoms with Crippen LogP contribution in [0.2, 0.25) is 0 Å². The second-order valence-corrected chi connectivity index (χ2v) is 5.12. The Labute approximate surface area is 106 Å². The molecule has 2 heterocycles. The Kier molecular flexibility index (Phi) is 2.85. The monoisotopic (exact) mass is 246 g/mol. The zero-order valence-electron chi connectivity index (χ0n) is 10.8. The van der Waals surface area contributed by atoms with Gasteiger partial charge in [0.1, 0.15) is 6.33 Å². The predicted molar refractivity (Wildman–Crippen MR) is 69.1 cm³/mol. The van der Waals surface area contributed by atoms with Crippen molar-refractivity contribution in [1.82, 2.24) is 25.0 Å². The van der Waals surface area contributed by atoms with Crippen molar-refractivity contribution in [2.45, 2.75) is 38.6 Å². The zero-order chi connectivity index (χ0) is 12.5. The third-order valence-corrected chi connectivity index (χ3v) is 3.82. The summed E-state index contributed by atoms with van der Waals surface area (Å²) in [7, 11) is 1.84. The van der Waals surface area contributed by atoms with E-state index in [1.165, 1.54) is 25.7 Å². The molecule has 0 bridgehead atoms. The maximum Gasteiger partial charge on any atom is 0.183 e. The first-order chi connectivity index (χ1) is 8.75. The number of nitrogens with zero attached hydrogens (tertiary/aromatic N) is 5. The third-order valence-electron chi connectivity index (χ3n) is 3.82. The van der Waals surface area contributed by atoms with Gasteiger partial charge in [-0.15, -0.1) is 5.10 Å². The van der Waals surface area contributed by atoms with Crippen molar-refractivity contribution in [3.8, 4) is 0 Å². The van der Waals surface area contributed by atoms with Crippen molar-refractivity contribution in [2.75, 3.05) is 5.32 Å². The molecule has 0 saturated heterocycles. The van der Waals surface area contributed by atoms with E-state index in [1.807, 2.05) is 7.05 Å². The van der Waals surface area contributed by atoms with Gasteiger partial charge in [0.2, 0.25) is 0 Å². The normalized spacial score (nSPS) is 24.3. The third kappa shape index (κ3) is 1.91. The number of aryl methyl sites for hydroxylation is 1. The van der Waals surface area contributed by atoms with Crippen LogP contribution in [0.4, 0.5) is 5.82 Å². The molecule has 0 aromatic carbocycles. The van der Waals surface area contributed by atoms with E-state index in [0.717, 1.165) is 17.0 Å². The summed E-state index contributed by atoms with van der Waals surface area (Å²) in [5.74, 6) is 1.49.